The number of nitrogens with zero attached hydrogens (tertiary/aromatic N) is 6. The Hall–Kier alpha value is -4.46. The molecule has 8 heteroatoms. The van der Waals surface area contributed by atoms with Gasteiger partial charge in [0, 0.05) is 43.0 Å². The van der Waals surface area contributed by atoms with Gasteiger partial charge < -0.3 is 14.5 Å². The Kier molecular flexibility index (Phi) is 4.26. The van der Waals surface area contributed by atoms with E-state index in [9.17, 15) is 0 Å². The van der Waals surface area contributed by atoms with Crippen LogP contribution < -0.4 is 4.90 Å². The second-order valence-electron chi connectivity index (χ2n) is 8.33. The topological polar surface area (TPSA) is 91.3 Å². The summed E-state index contributed by atoms with van der Waals surface area (Å²) >= 11 is 0. The summed E-state index contributed by atoms with van der Waals surface area (Å²) in [5, 5.41) is 8.80. The van der Waals surface area contributed by atoms with Crippen molar-refractivity contribution >= 4 is 27.6 Å². The molecule has 0 amide bonds. The second kappa shape index (κ2) is 7.30. The Bertz CT molecular complexity index is 1620. The fourth-order valence-corrected chi connectivity index (χ4v) is 4.10. The Morgan fingerprint density at radius 1 is 1.00 bits per heavy atom. The summed E-state index contributed by atoms with van der Waals surface area (Å²) in [6.45, 7) is 1.99. The fourth-order valence-electron chi connectivity index (χ4n) is 4.10. The van der Waals surface area contributed by atoms with Crippen LogP contribution in [0.25, 0.3) is 50.3 Å². The number of nitrogens with one attached hydrogen (secondary N) is 2. The molecule has 0 fully saturated rings. The average molecular weight is 435 g/mol. The summed E-state index contributed by atoms with van der Waals surface area (Å²) in [4.78, 5) is 19.2. The van der Waals surface area contributed by atoms with Crippen LogP contribution in [0.15, 0.2) is 67.4 Å². The first-order valence-corrected chi connectivity index (χ1v) is 10.7. The summed E-state index contributed by atoms with van der Waals surface area (Å²) in [5.74, 6) is 0. The average Bonchev–Trinajstić information content (AvgIpc) is 3.55. The number of aromatic nitrogens is 7. The number of rotatable bonds is 4. The minimum atomic E-state index is 0.785. The van der Waals surface area contributed by atoms with Crippen LogP contribution in [0, 0.1) is 6.92 Å². The Balaban J connectivity index is 1.48. The molecule has 5 heterocycles. The molecule has 2 N–H and O–H groups in total. The minimum Gasteiger partial charge on any atom is -0.376 e. The van der Waals surface area contributed by atoms with Crippen LogP contribution in [0.5, 0.6) is 0 Å². The number of H-pyrrole nitrogens is 2. The van der Waals surface area contributed by atoms with Gasteiger partial charge in [0.25, 0.3) is 0 Å². The van der Waals surface area contributed by atoms with E-state index in [4.69, 9.17) is 4.98 Å². The maximum absolute atomic E-state index is 4.95. The van der Waals surface area contributed by atoms with Crippen LogP contribution in [-0.2, 0) is 0 Å². The Labute approximate surface area is 190 Å². The number of pyridine rings is 2. The highest BCUT2D eigenvalue weighted by Gasteiger charge is 2.15. The maximum atomic E-state index is 4.95. The summed E-state index contributed by atoms with van der Waals surface area (Å²) < 4.78 is 2.04. The van der Waals surface area contributed by atoms with Gasteiger partial charge in [-0.05, 0) is 43.3 Å². The SMILES string of the molecule is Cc1cn(-c2cccc3[nH]c(-c4n[nH]c5ccc(-c6cncc(N(C)C)c6)nc45)cc23)cn1. The molecule has 0 aliphatic rings. The van der Waals surface area contributed by atoms with Crippen molar-refractivity contribution in [3.05, 3.63) is 73.1 Å². The lowest BCUT2D eigenvalue weighted by atomic mass is 10.1. The number of aromatic amines is 2. The Morgan fingerprint density at radius 3 is 2.73 bits per heavy atom. The van der Waals surface area contributed by atoms with E-state index in [1.165, 1.54) is 0 Å². The molecule has 0 atom stereocenters. The molecule has 6 rings (SSSR count). The van der Waals surface area contributed by atoms with Gasteiger partial charge in [-0.1, -0.05) is 6.07 Å². The van der Waals surface area contributed by atoms with E-state index in [-0.39, 0.29) is 0 Å². The molecule has 0 unspecified atom stereocenters. The van der Waals surface area contributed by atoms with Gasteiger partial charge >= 0.3 is 0 Å². The Morgan fingerprint density at radius 2 is 1.91 bits per heavy atom. The van der Waals surface area contributed by atoms with Crippen molar-refractivity contribution in [1.29, 1.82) is 0 Å². The van der Waals surface area contributed by atoms with Crippen LogP contribution in [0.3, 0.4) is 0 Å². The van der Waals surface area contributed by atoms with Crippen molar-refractivity contribution in [1.82, 2.24) is 34.7 Å². The van der Waals surface area contributed by atoms with Gasteiger partial charge in [0.05, 0.1) is 46.5 Å². The van der Waals surface area contributed by atoms with Crippen molar-refractivity contribution in [3.63, 3.8) is 0 Å². The molecule has 0 bridgehead atoms. The zero-order chi connectivity index (χ0) is 22.5. The van der Waals surface area contributed by atoms with Crippen molar-refractivity contribution < 1.29 is 0 Å². The monoisotopic (exact) mass is 434 g/mol. The summed E-state index contributed by atoms with van der Waals surface area (Å²) in [7, 11) is 4.00. The lowest BCUT2D eigenvalue weighted by Gasteiger charge is -2.12. The molecule has 162 valence electrons. The van der Waals surface area contributed by atoms with Crippen molar-refractivity contribution in [2.45, 2.75) is 6.92 Å². The van der Waals surface area contributed by atoms with Gasteiger partial charge in [-0.2, -0.15) is 5.10 Å². The molecule has 6 aromatic rings. The van der Waals surface area contributed by atoms with Crippen LogP contribution in [0.4, 0.5) is 5.69 Å². The minimum absolute atomic E-state index is 0.785. The van der Waals surface area contributed by atoms with Crippen molar-refractivity contribution in [2.75, 3.05) is 19.0 Å². The molecule has 0 aliphatic carbocycles. The van der Waals surface area contributed by atoms with Crippen LogP contribution in [-0.4, -0.2) is 48.8 Å². The third-order valence-electron chi connectivity index (χ3n) is 5.83. The number of hydrogen-bond donors (Lipinski definition) is 2. The van der Waals surface area contributed by atoms with Crippen LogP contribution in [0.2, 0.25) is 0 Å². The van der Waals surface area contributed by atoms with E-state index in [2.05, 4.69) is 49.4 Å². The molecule has 33 heavy (non-hydrogen) atoms. The van der Waals surface area contributed by atoms with Gasteiger partial charge in [0.2, 0.25) is 0 Å². The van der Waals surface area contributed by atoms with Crippen molar-refractivity contribution in [2.24, 2.45) is 0 Å². The first-order valence-electron chi connectivity index (χ1n) is 10.7. The lowest BCUT2D eigenvalue weighted by Crippen LogP contribution is -2.08. The maximum Gasteiger partial charge on any atom is 0.135 e. The standard InChI is InChI=1S/C25H22N8/c1-15-13-33(14-27-15)23-6-4-5-20-18(23)10-22(28-20)25-24-21(30-31-25)8-7-19(29-24)16-9-17(32(2)3)12-26-11-16/h4-14,28H,1-3H3,(H,30,31). The van der Waals surface area contributed by atoms with E-state index in [0.29, 0.717) is 0 Å². The normalized spacial score (nSPS) is 11.5. The molecule has 0 aliphatic heterocycles. The summed E-state index contributed by atoms with van der Waals surface area (Å²) in [6.07, 6.45) is 7.54. The predicted molar refractivity (Wildman–Crippen MR) is 131 cm³/mol. The molecule has 0 saturated heterocycles. The first kappa shape index (κ1) is 19.2. The van der Waals surface area contributed by atoms with Gasteiger partial charge in [0.15, 0.2) is 0 Å². The second-order valence-corrected chi connectivity index (χ2v) is 8.33. The quantitative estimate of drug-likeness (QED) is 0.419. The largest absolute Gasteiger partial charge is 0.376 e. The van der Waals surface area contributed by atoms with E-state index >= 15 is 0 Å². The number of hydrogen-bond acceptors (Lipinski definition) is 5. The molecule has 0 spiro atoms. The van der Waals surface area contributed by atoms with Crippen LogP contribution >= 0.6 is 0 Å². The number of imidazole rings is 1. The van der Waals surface area contributed by atoms with E-state index in [1.54, 1.807) is 0 Å². The molecule has 0 saturated carbocycles. The number of fused-ring (bicyclic) bond motifs is 2. The molecule has 8 nitrogen and oxygen atoms in total. The number of benzene rings is 1. The highest BCUT2D eigenvalue weighted by Crippen LogP contribution is 2.32. The zero-order valence-corrected chi connectivity index (χ0v) is 18.5. The molecular formula is C25H22N8. The highest BCUT2D eigenvalue weighted by molar-refractivity contribution is 5.97. The smallest absolute Gasteiger partial charge is 0.135 e. The molecule has 1 aromatic carbocycles. The third kappa shape index (κ3) is 3.23. The first-order chi connectivity index (χ1) is 16.1. The lowest BCUT2D eigenvalue weighted by molar-refractivity contribution is 1.07. The van der Waals surface area contributed by atoms with E-state index in [0.717, 1.165) is 61.7 Å². The zero-order valence-electron chi connectivity index (χ0n) is 18.5. The fraction of sp³-hybridized carbons (Fsp3) is 0.120. The van der Waals surface area contributed by atoms with Gasteiger partial charge in [-0.25, -0.2) is 9.97 Å². The molecule has 5 aromatic heterocycles. The summed E-state index contributed by atoms with van der Waals surface area (Å²) in [6, 6.07) is 14.4. The number of aryl methyl sites for hydroxylation is 1. The van der Waals surface area contributed by atoms with Gasteiger partial charge in [0.1, 0.15) is 11.2 Å². The molecule has 0 radical (unpaired) electrons. The molecular weight excluding hydrogens is 412 g/mol. The van der Waals surface area contributed by atoms with Gasteiger partial charge in [-0.3, -0.25) is 10.1 Å². The summed E-state index contributed by atoms with van der Waals surface area (Å²) in [5.41, 5.74) is 9.31. The third-order valence-corrected chi connectivity index (χ3v) is 5.83. The van der Waals surface area contributed by atoms with E-state index < -0.39 is 0 Å². The number of anilines is 1. The van der Waals surface area contributed by atoms with Crippen molar-refractivity contribution in [3.8, 4) is 28.3 Å². The van der Waals surface area contributed by atoms with Crippen LogP contribution in [0.1, 0.15) is 5.69 Å². The van der Waals surface area contributed by atoms with Gasteiger partial charge in [-0.15, -0.1) is 0 Å². The predicted octanol–water partition coefficient (Wildman–Crippen LogP) is 4.73. The highest BCUT2D eigenvalue weighted by atomic mass is 15.1. The van der Waals surface area contributed by atoms with E-state index in [1.807, 2.05) is 73.6 Å².